The Morgan fingerprint density at radius 2 is 2.12 bits per heavy atom. The van der Waals surface area contributed by atoms with Gasteiger partial charge in [-0.25, -0.2) is 9.98 Å². The molecule has 1 aromatic carbocycles. The summed E-state index contributed by atoms with van der Waals surface area (Å²) < 4.78 is 11.2. The Bertz CT molecular complexity index is 831. The third-order valence-corrected chi connectivity index (χ3v) is 4.77. The summed E-state index contributed by atoms with van der Waals surface area (Å²) in [6.45, 7) is 3.45. The van der Waals surface area contributed by atoms with Gasteiger partial charge in [0.15, 0.2) is 11.7 Å². The smallest absolute Gasteiger partial charge is 0.191 e. The lowest BCUT2D eigenvalue weighted by Gasteiger charge is -2.27. The van der Waals surface area contributed by atoms with Crippen LogP contribution in [0.2, 0.25) is 0 Å². The van der Waals surface area contributed by atoms with Crippen molar-refractivity contribution in [3.8, 4) is 11.5 Å². The van der Waals surface area contributed by atoms with Crippen LogP contribution in [0.1, 0.15) is 5.01 Å². The maximum Gasteiger partial charge on any atom is 0.191 e. The summed E-state index contributed by atoms with van der Waals surface area (Å²) in [5.41, 5.74) is 7.75. The summed E-state index contributed by atoms with van der Waals surface area (Å²) in [5, 5.41) is 3.99. The normalized spacial score (nSPS) is 16.0. The van der Waals surface area contributed by atoms with Crippen LogP contribution < -0.4 is 5.73 Å². The molecule has 0 radical (unpaired) electrons. The molecule has 2 aromatic heterocycles. The van der Waals surface area contributed by atoms with E-state index in [0.717, 1.165) is 40.5 Å². The van der Waals surface area contributed by atoms with Crippen molar-refractivity contribution in [2.24, 2.45) is 10.7 Å². The zero-order valence-corrected chi connectivity index (χ0v) is 14.0. The number of hydrogen-bond donors (Lipinski definition) is 1. The standard InChI is InChI=1S/C17H18N4O2S/c18-17(21-5-7-22-8-6-21)19-10-16-20-13(11-24-16)15-9-12-3-1-2-4-14(12)23-15/h1-4,9,11H,5-8,10H2,(H2,18,19). The predicted octanol–water partition coefficient (Wildman–Crippen LogP) is 2.70. The fourth-order valence-corrected chi connectivity index (χ4v) is 3.35. The molecule has 3 heterocycles. The first-order valence-electron chi connectivity index (χ1n) is 7.85. The van der Waals surface area contributed by atoms with Crippen LogP contribution in [0.15, 0.2) is 45.1 Å². The highest BCUT2D eigenvalue weighted by atomic mass is 32.1. The number of nitrogens with two attached hydrogens (primary N) is 1. The second-order valence-electron chi connectivity index (χ2n) is 5.55. The average molecular weight is 342 g/mol. The van der Waals surface area contributed by atoms with Gasteiger partial charge in [-0.05, 0) is 12.1 Å². The van der Waals surface area contributed by atoms with E-state index in [1.807, 2.05) is 40.6 Å². The van der Waals surface area contributed by atoms with Gasteiger partial charge in [0, 0.05) is 23.9 Å². The molecular formula is C17H18N4O2S. The minimum atomic E-state index is 0.480. The fraction of sp³-hybridized carbons (Fsp3) is 0.294. The molecule has 0 saturated carbocycles. The van der Waals surface area contributed by atoms with Crippen molar-refractivity contribution in [2.45, 2.75) is 6.54 Å². The van der Waals surface area contributed by atoms with Crippen molar-refractivity contribution < 1.29 is 9.15 Å². The Hall–Kier alpha value is -2.38. The third-order valence-electron chi connectivity index (χ3n) is 3.94. The Labute approximate surface area is 143 Å². The van der Waals surface area contributed by atoms with E-state index in [2.05, 4.69) is 9.98 Å². The number of furan rings is 1. The summed E-state index contributed by atoms with van der Waals surface area (Å²) >= 11 is 1.57. The summed E-state index contributed by atoms with van der Waals surface area (Å²) in [7, 11) is 0. The maximum atomic E-state index is 6.04. The molecule has 0 bridgehead atoms. The van der Waals surface area contributed by atoms with Crippen molar-refractivity contribution in [2.75, 3.05) is 26.3 Å². The molecule has 0 spiro atoms. The van der Waals surface area contributed by atoms with Crippen molar-refractivity contribution in [1.82, 2.24) is 9.88 Å². The lowest BCUT2D eigenvalue weighted by molar-refractivity contribution is 0.0674. The van der Waals surface area contributed by atoms with Crippen LogP contribution >= 0.6 is 11.3 Å². The number of benzene rings is 1. The Balaban J connectivity index is 1.48. The number of guanidine groups is 1. The number of para-hydroxylation sites is 1. The van der Waals surface area contributed by atoms with E-state index in [9.17, 15) is 0 Å². The number of aromatic nitrogens is 1. The highest BCUT2D eigenvalue weighted by Crippen LogP contribution is 2.28. The van der Waals surface area contributed by atoms with E-state index in [4.69, 9.17) is 14.9 Å². The molecule has 0 atom stereocenters. The van der Waals surface area contributed by atoms with Gasteiger partial charge in [-0.3, -0.25) is 0 Å². The molecule has 1 aliphatic rings. The molecule has 6 nitrogen and oxygen atoms in total. The molecule has 3 aromatic rings. The lowest BCUT2D eigenvalue weighted by Crippen LogP contribution is -2.44. The largest absolute Gasteiger partial charge is 0.454 e. The minimum absolute atomic E-state index is 0.480. The Morgan fingerprint density at radius 1 is 1.29 bits per heavy atom. The number of nitrogens with zero attached hydrogens (tertiary/aromatic N) is 3. The van der Waals surface area contributed by atoms with Crippen LogP contribution in [0.5, 0.6) is 0 Å². The number of morpholine rings is 1. The quantitative estimate of drug-likeness (QED) is 0.585. The van der Waals surface area contributed by atoms with Gasteiger partial charge in [0.1, 0.15) is 16.3 Å². The van der Waals surface area contributed by atoms with Crippen LogP contribution in [0, 0.1) is 0 Å². The molecule has 4 rings (SSSR count). The van der Waals surface area contributed by atoms with Gasteiger partial charge in [0.25, 0.3) is 0 Å². The number of aliphatic imine (C=N–C) groups is 1. The monoisotopic (exact) mass is 342 g/mol. The fourth-order valence-electron chi connectivity index (χ4n) is 2.65. The maximum absolute atomic E-state index is 6.04. The van der Waals surface area contributed by atoms with Gasteiger partial charge in [-0.15, -0.1) is 11.3 Å². The zero-order chi connectivity index (χ0) is 16.4. The number of ether oxygens (including phenoxy) is 1. The minimum Gasteiger partial charge on any atom is -0.454 e. The summed E-state index contributed by atoms with van der Waals surface area (Å²) in [4.78, 5) is 11.1. The summed E-state index contributed by atoms with van der Waals surface area (Å²) in [6.07, 6.45) is 0. The third kappa shape index (κ3) is 3.13. The summed E-state index contributed by atoms with van der Waals surface area (Å²) in [6, 6.07) is 9.96. The molecule has 2 N–H and O–H groups in total. The molecule has 1 aliphatic heterocycles. The number of thiazole rings is 1. The van der Waals surface area contributed by atoms with Crippen molar-refractivity contribution in [1.29, 1.82) is 0 Å². The molecule has 1 fully saturated rings. The van der Waals surface area contributed by atoms with Crippen LogP contribution in [0.4, 0.5) is 0 Å². The van der Waals surface area contributed by atoms with Crippen LogP contribution in [-0.2, 0) is 11.3 Å². The molecule has 124 valence electrons. The van der Waals surface area contributed by atoms with Crippen molar-refractivity contribution >= 4 is 28.3 Å². The van der Waals surface area contributed by atoms with Crippen molar-refractivity contribution in [3.05, 3.63) is 40.7 Å². The average Bonchev–Trinajstić information content (AvgIpc) is 3.27. The van der Waals surface area contributed by atoms with Crippen LogP contribution in [-0.4, -0.2) is 42.1 Å². The van der Waals surface area contributed by atoms with Crippen LogP contribution in [0.25, 0.3) is 22.4 Å². The highest BCUT2D eigenvalue weighted by molar-refractivity contribution is 7.09. The second-order valence-corrected chi connectivity index (χ2v) is 6.49. The lowest BCUT2D eigenvalue weighted by atomic mass is 10.2. The Morgan fingerprint density at radius 3 is 2.96 bits per heavy atom. The van der Waals surface area contributed by atoms with Gasteiger partial charge in [-0.1, -0.05) is 18.2 Å². The molecular weight excluding hydrogens is 324 g/mol. The van der Waals surface area contributed by atoms with Gasteiger partial charge in [0.05, 0.1) is 19.8 Å². The molecule has 0 amide bonds. The van der Waals surface area contributed by atoms with E-state index < -0.39 is 0 Å². The van der Waals surface area contributed by atoms with E-state index in [1.54, 1.807) is 11.3 Å². The van der Waals surface area contributed by atoms with E-state index in [0.29, 0.717) is 25.7 Å². The van der Waals surface area contributed by atoms with Crippen molar-refractivity contribution in [3.63, 3.8) is 0 Å². The first kappa shape index (κ1) is 15.2. The van der Waals surface area contributed by atoms with Gasteiger partial charge >= 0.3 is 0 Å². The van der Waals surface area contributed by atoms with E-state index >= 15 is 0 Å². The zero-order valence-electron chi connectivity index (χ0n) is 13.1. The molecule has 0 aliphatic carbocycles. The van der Waals surface area contributed by atoms with Gasteiger partial charge < -0.3 is 19.8 Å². The number of fused-ring (bicyclic) bond motifs is 1. The Kier molecular flexibility index (Phi) is 4.18. The predicted molar refractivity (Wildman–Crippen MR) is 95.0 cm³/mol. The van der Waals surface area contributed by atoms with E-state index in [-0.39, 0.29) is 0 Å². The number of rotatable bonds is 3. The van der Waals surface area contributed by atoms with Gasteiger partial charge in [0.2, 0.25) is 0 Å². The molecule has 7 heteroatoms. The highest BCUT2D eigenvalue weighted by Gasteiger charge is 2.13. The number of hydrogen-bond acceptors (Lipinski definition) is 5. The van der Waals surface area contributed by atoms with Gasteiger partial charge in [-0.2, -0.15) is 0 Å². The molecule has 24 heavy (non-hydrogen) atoms. The SMILES string of the molecule is NC(=NCc1nc(-c2cc3ccccc3o2)cs1)N1CCOCC1. The summed E-state index contributed by atoms with van der Waals surface area (Å²) in [5.74, 6) is 1.34. The molecule has 1 saturated heterocycles. The first-order valence-corrected chi connectivity index (χ1v) is 8.73. The van der Waals surface area contributed by atoms with Crippen LogP contribution in [0.3, 0.4) is 0 Å². The topological polar surface area (TPSA) is 76.9 Å². The second kappa shape index (κ2) is 6.62. The molecule has 0 unspecified atom stereocenters. The first-order chi connectivity index (χ1) is 11.8. The van der Waals surface area contributed by atoms with E-state index in [1.165, 1.54) is 0 Å².